The van der Waals surface area contributed by atoms with Gasteiger partial charge in [0.05, 0.1) is 0 Å². The number of hydrogen-bond donors (Lipinski definition) is 1. The maximum absolute atomic E-state index is 10.8. The number of rotatable bonds is 2. The zero-order valence-corrected chi connectivity index (χ0v) is 17.1. The van der Waals surface area contributed by atoms with Gasteiger partial charge in [0.15, 0.2) is 0 Å². The summed E-state index contributed by atoms with van der Waals surface area (Å²) in [5.41, 5.74) is 1.89. The van der Waals surface area contributed by atoms with Gasteiger partial charge in [0, 0.05) is 11.1 Å². The molecule has 2 rings (SSSR count). The summed E-state index contributed by atoms with van der Waals surface area (Å²) in [4.78, 5) is 0. The number of phenolic OH excluding ortho intramolecular Hbond substituents is 1. The molecule has 0 saturated heterocycles. The van der Waals surface area contributed by atoms with Crippen molar-refractivity contribution in [2.24, 2.45) is 0 Å². The fraction of sp³-hybridized carbons (Fsp3) is 0.400. The molecule has 0 aromatic heterocycles. The smallest absolute Gasteiger partial charge is 0.123 e. The SMILES string of the molecule is CC(C)(C)c1cc(P(P)c2ccccc2)cc(C(C)(C)C)c1O. The van der Waals surface area contributed by atoms with Crippen molar-refractivity contribution < 1.29 is 5.11 Å². The van der Waals surface area contributed by atoms with Gasteiger partial charge < -0.3 is 5.11 Å². The van der Waals surface area contributed by atoms with E-state index in [-0.39, 0.29) is 10.8 Å². The van der Waals surface area contributed by atoms with Crippen LogP contribution in [0.25, 0.3) is 0 Å². The Morgan fingerprint density at radius 1 is 0.783 bits per heavy atom. The molecule has 0 heterocycles. The largest absolute Gasteiger partial charge is 0.507 e. The summed E-state index contributed by atoms with van der Waals surface area (Å²) in [6, 6.07) is 15.0. The number of phenols is 1. The highest BCUT2D eigenvalue weighted by Gasteiger charge is 2.27. The fourth-order valence-electron chi connectivity index (χ4n) is 2.64. The van der Waals surface area contributed by atoms with Crippen LogP contribution in [-0.2, 0) is 10.8 Å². The highest BCUT2D eigenvalue weighted by Crippen LogP contribution is 2.46. The summed E-state index contributed by atoms with van der Waals surface area (Å²) in [6.45, 7) is 13.0. The Bertz CT molecular complexity index is 644. The van der Waals surface area contributed by atoms with Crippen molar-refractivity contribution in [1.82, 2.24) is 0 Å². The summed E-state index contributed by atoms with van der Waals surface area (Å²) in [5, 5.41) is 13.5. The lowest BCUT2D eigenvalue weighted by Gasteiger charge is -2.29. The van der Waals surface area contributed by atoms with Gasteiger partial charge in [-0.25, -0.2) is 0 Å². The van der Waals surface area contributed by atoms with Crippen LogP contribution in [0.15, 0.2) is 42.5 Å². The lowest BCUT2D eigenvalue weighted by atomic mass is 9.79. The minimum absolute atomic E-state index is 0.0857. The summed E-state index contributed by atoms with van der Waals surface area (Å²) >= 11 is 0. The third kappa shape index (κ3) is 4.14. The van der Waals surface area contributed by atoms with Crippen LogP contribution in [0.4, 0.5) is 0 Å². The average molecular weight is 346 g/mol. The van der Waals surface area contributed by atoms with Crippen LogP contribution in [0.5, 0.6) is 5.75 Å². The van der Waals surface area contributed by atoms with Gasteiger partial charge in [0.2, 0.25) is 0 Å². The molecule has 2 aromatic carbocycles. The second-order valence-electron chi connectivity index (χ2n) is 8.10. The second kappa shape index (κ2) is 6.54. The Balaban J connectivity index is 2.65. The first-order valence-corrected chi connectivity index (χ1v) is 11.0. The third-order valence-corrected chi connectivity index (χ3v) is 7.48. The number of benzene rings is 2. The third-order valence-electron chi connectivity index (χ3n) is 4.02. The van der Waals surface area contributed by atoms with E-state index >= 15 is 0 Å². The highest BCUT2D eigenvalue weighted by atomic mass is 32.0. The van der Waals surface area contributed by atoms with Crippen LogP contribution in [0.3, 0.4) is 0 Å². The Labute approximate surface area is 144 Å². The fourth-order valence-corrected chi connectivity index (χ4v) is 4.93. The first-order chi connectivity index (χ1) is 10.5. The Kier molecular flexibility index (Phi) is 5.24. The van der Waals surface area contributed by atoms with Gasteiger partial charge in [-0.1, -0.05) is 71.9 Å². The summed E-state index contributed by atoms with van der Waals surface area (Å²) < 4.78 is 0. The molecule has 2 unspecified atom stereocenters. The molecule has 2 aromatic rings. The maximum Gasteiger partial charge on any atom is 0.123 e. The molecule has 23 heavy (non-hydrogen) atoms. The molecule has 0 aliphatic heterocycles. The molecular weight excluding hydrogens is 318 g/mol. The van der Waals surface area contributed by atoms with Gasteiger partial charge in [-0.3, -0.25) is 0 Å². The van der Waals surface area contributed by atoms with Crippen LogP contribution >= 0.6 is 16.5 Å². The average Bonchev–Trinajstić information content (AvgIpc) is 2.45. The minimum atomic E-state index is -0.504. The molecule has 0 amide bonds. The van der Waals surface area contributed by atoms with Gasteiger partial charge in [-0.05, 0) is 41.2 Å². The standard InChI is InChI=1S/C20H28OP2/c1-19(2,3)16-12-15(13-17(18(16)21)20(4,5)6)23(22)14-10-8-7-9-11-14/h7-13,21H,22H2,1-6H3. The summed E-state index contributed by atoms with van der Waals surface area (Å²) in [7, 11) is 2.51. The number of aromatic hydroxyl groups is 1. The Hall–Kier alpha value is -0.900. The quantitative estimate of drug-likeness (QED) is 0.740. The first-order valence-electron chi connectivity index (χ1n) is 7.99. The van der Waals surface area contributed by atoms with Crippen molar-refractivity contribution in [3.63, 3.8) is 0 Å². The van der Waals surface area contributed by atoms with E-state index in [1.165, 1.54) is 10.6 Å². The molecule has 1 N–H and O–H groups in total. The maximum atomic E-state index is 10.8. The van der Waals surface area contributed by atoms with E-state index in [1.54, 1.807) is 0 Å². The molecular formula is C20H28OP2. The van der Waals surface area contributed by atoms with Gasteiger partial charge in [0.1, 0.15) is 5.75 Å². The lowest BCUT2D eigenvalue weighted by Crippen LogP contribution is -2.21. The predicted molar refractivity (Wildman–Crippen MR) is 108 cm³/mol. The Morgan fingerprint density at radius 3 is 1.61 bits per heavy atom. The molecule has 1 nitrogen and oxygen atoms in total. The van der Waals surface area contributed by atoms with Crippen LogP contribution in [0, 0.1) is 0 Å². The van der Waals surface area contributed by atoms with Crippen LogP contribution < -0.4 is 10.6 Å². The van der Waals surface area contributed by atoms with Gasteiger partial charge in [-0.15, -0.1) is 8.93 Å². The molecule has 0 aliphatic carbocycles. The minimum Gasteiger partial charge on any atom is -0.507 e. The molecule has 0 bridgehead atoms. The molecule has 0 fully saturated rings. The second-order valence-corrected chi connectivity index (χ2v) is 11.4. The number of hydrogen-bond acceptors (Lipinski definition) is 1. The van der Waals surface area contributed by atoms with Gasteiger partial charge >= 0.3 is 0 Å². The summed E-state index contributed by atoms with van der Waals surface area (Å²) in [5.74, 6) is 0.454. The van der Waals surface area contributed by atoms with Crippen molar-refractivity contribution in [2.45, 2.75) is 52.4 Å². The van der Waals surface area contributed by atoms with Gasteiger partial charge in [0.25, 0.3) is 0 Å². The molecule has 0 spiro atoms. The van der Waals surface area contributed by atoms with E-state index < -0.39 is 7.61 Å². The van der Waals surface area contributed by atoms with E-state index in [1.807, 2.05) is 0 Å². The van der Waals surface area contributed by atoms with Crippen LogP contribution in [-0.4, -0.2) is 5.11 Å². The topological polar surface area (TPSA) is 20.2 Å². The summed E-state index contributed by atoms with van der Waals surface area (Å²) in [6.07, 6.45) is 0. The van der Waals surface area contributed by atoms with E-state index in [9.17, 15) is 5.11 Å². The zero-order valence-electron chi connectivity index (χ0n) is 15.0. The lowest BCUT2D eigenvalue weighted by molar-refractivity contribution is 0.424. The van der Waals surface area contributed by atoms with Crippen molar-refractivity contribution in [1.29, 1.82) is 0 Å². The monoisotopic (exact) mass is 346 g/mol. The van der Waals surface area contributed by atoms with Crippen LogP contribution in [0.2, 0.25) is 0 Å². The predicted octanol–water partition coefficient (Wildman–Crippen LogP) is 5.21. The molecule has 0 aliphatic rings. The Morgan fingerprint density at radius 2 is 1.22 bits per heavy atom. The van der Waals surface area contributed by atoms with Crippen molar-refractivity contribution in [2.75, 3.05) is 0 Å². The van der Waals surface area contributed by atoms with Gasteiger partial charge in [-0.2, -0.15) is 0 Å². The van der Waals surface area contributed by atoms with E-state index in [0.29, 0.717) is 5.75 Å². The van der Waals surface area contributed by atoms with Crippen molar-refractivity contribution >= 4 is 27.1 Å². The van der Waals surface area contributed by atoms with E-state index in [2.05, 4.69) is 92.9 Å². The van der Waals surface area contributed by atoms with Crippen molar-refractivity contribution in [3.05, 3.63) is 53.6 Å². The van der Waals surface area contributed by atoms with E-state index in [0.717, 1.165) is 11.1 Å². The molecule has 3 heteroatoms. The molecule has 0 saturated carbocycles. The van der Waals surface area contributed by atoms with Crippen molar-refractivity contribution in [3.8, 4) is 5.75 Å². The normalized spacial score (nSPS) is 13.9. The van der Waals surface area contributed by atoms with E-state index in [4.69, 9.17) is 0 Å². The molecule has 124 valence electrons. The van der Waals surface area contributed by atoms with Crippen LogP contribution in [0.1, 0.15) is 52.7 Å². The first kappa shape index (κ1) is 18.4. The molecule has 0 radical (unpaired) electrons. The highest BCUT2D eigenvalue weighted by molar-refractivity contribution is 8.21. The molecule has 2 atom stereocenters. The zero-order chi connectivity index (χ0) is 17.4.